The Labute approximate surface area is 225 Å². The summed E-state index contributed by atoms with van der Waals surface area (Å²) in [6, 6.07) is 18.8. The van der Waals surface area contributed by atoms with E-state index in [0.29, 0.717) is 25.3 Å². The van der Waals surface area contributed by atoms with Crippen molar-refractivity contribution < 1.29 is 14.6 Å². The lowest BCUT2D eigenvalue weighted by atomic mass is 9.83. The van der Waals surface area contributed by atoms with Crippen molar-refractivity contribution in [2.75, 3.05) is 14.2 Å². The highest BCUT2D eigenvalue weighted by Crippen LogP contribution is 2.44. The lowest BCUT2D eigenvalue weighted by Gasteiger charge is -2.31. The van der Waals surface area contributed by atoms with Crippen LogP contribution in [-0.2, 0) is 6.42 Å². The minimum Gasteiger partial charge on any atom is -0.507 e. The molecule has 0 bridgehead atoms. The smallest absolute Gasteiger partial charge is 0.271 e. The first-order valence-corrected chi connectivity index (χ1v) is 13.4. The van der Waals surface area contributed by atoms with Crippen molar-refractivity contribution in [3.63, 3.8) is 0 Å². The summed E-state index contributed by atoms with van der Waals surface area (Å²) in [5, 5.41) is 9.88. The maximum atomic E-state index is 14.0. The van der Waals surface area contributed by atoms with E-state index >= 15 is 0 Å². The molecule has 1 aromatic heterocycles. The third-order valence-electron chi connectivity index (χ3n) is 6.87. The average Bonchev–Trinajstić information content (AvgIpc) is 3.23. The molecule has 1 atom stereocenters. The first-order chi connectivity index (χ1) is 18.0. The number of aryl methyl sites for hydroxylation is 1. The fourth-order valence-electron chi connectivity index (χ4n) is 5.12. The van der Waals surface area contributed by atoms with Gasteiger partial charge in [0.25, 0.3) is 5.56 Å². The van der Waals surface area contributed by atoms with E-state index < -0.39 is 0 Å². The minimum atomic E-state index is -0.377. The van der Waals surface area contributed by atoms with E-state index in [2.05, 4.69) is 34.1 Å². The van der Waals surface area contributed by atoms with Gasteiger partial charge in [-0.05, 0) is 81.9 Å². The molecule has 1 N–H and O–H groups in total. The zero-order valence-corrected chi connectivity index (χ0v) is 22.6. The minimum absolute atomic E-state index is 0.117. The van der Waals surface area contributed by atoms with Crippen LogP contribution in [0.3, 0.4) is 0 Å². The van der Waals surface area contributed by atoms with Gasteiger partial charge in [-0.3, -0.25) is 9.36 Å². The molecule has 0 saturated heterocycles. The lowest BCUT2D eigenvalue weighted by molar-refractivity contribution is 0.392. The van der Waals surface area contributed by atoms with Gasteiger partial charge in [0.2, 0.25) is 0 Å². The van der Waals surface area contributed by atoms with Gasteiger partial charge in [0.1, 0.15) is 17.2 Å². The standard InChI is InChI=1S/C29H23BrN2O4S/c1-35-18-9-12-24(36-2)21(15-18)27-20-10-8-17-5-3-4-6-19(17)26(20)31-29-32(27)28(34)25(37-29)14-16-7-11-23(33)22(30)13-16/h3-7,9,11-15,27,33H,8,10H2,1-2H3. The third kappa shape index (κ3) is 4.01. The fraction of sp³-hybridized carbons (Fsp3) is 0.172. The molecule has 0 spiro atoms. The molecule has 4 aromatic rings. The van der Waals surface area contributed by atoms with E-state index in [1.54, 1.807) is 37.0 Å². The topological polar surface area (TPSA) is 73.1 Å². The zero-order chi connectivity index (χ0) is 25.7. The Kier molecular flexibility index (Phi) is 6.01. The molecule has 2 heterocycles. The molecule has 1 aliphatic carbocycles. The van der Waals surface area contributed by atoms with Crippen LogP contribution in [0.4, 0.5) is 0 Å². The highest BCUT2D eigenvalue weighted by atomic mass is 79.9. The number of rotatable bonds is 4. The van der Waals surface area contributed by atoms with Gasteiger partial charge in [-0.15, -0.1) is 0 Å². The quantitative estimate of drug-likeness (QED) is 0.380. The normalized spacial score (nSPS) is 16.5. The lowest BCUT2D eigenvalue weighted by Crippen LogP contribution is -2.39. The van der Waals surface area contributed by atoms with E-state index in [4.69, 9.17) is 14.5 Å². The van der Waals surface area contributed by atoms with Crippen LogP contribution in [0.2, 0.25) is 0 Å². The summed E-state index contributed by atoms with van der Waals surface area (Å²) in [4.78, 5) is 19.6. The van der Waals surface area contributed by atoms with Crippen LogP contribution in [0.1, 0.15) is 34.7 Å². The highest BCUT2D eigenvalue weighted by molar-refractivity contribution is 9.10. The Morgan fingerprint density at radius 1 is 1.08 bits per heavy atom. The van der Waals surface area contributed by atoms with Gasteiger partial charge >= 0.3 is 0 Å². The maximum absolute atomic E-state index is 14.0. The maximum Gasteiger partial charge on any atom is 0.271 e. The molecule has 3 aromatic carbocycles. The second-order valence-electron chi connectivity index (χ2n) is 8.93. The molecule has 6 rings (SSSR count). The van der Waals surface area contributed by atoms with Crippen LogP contribution in [0.5, 0.6) is 17.2 Å². The highest BCUT2D eigenvalue weighted by Gasteiger charge is 2.34. The van der Waals surface area contributed by atoms with Gasteiger partial charge in [0.05, 0.1) is 35.0 Å². The number of allylic oxidation sites excluding steroid dienone is 1. The number of hydrogen-bond donors (Lipinski definition) is 1. The zero-order valence-electron chi connectivity index (χ0n) is 20.2. The molecule has 37 heavy (non-hydrogen) atoms. The summed E-state index contributed by atoms with van der Waals surface area (Å²) in [5.41, 5.74) is 5.94. The molecule has 0 radical (unpaired) electrons. The van der Waals surface area contributed by atoms with Gasteiger partial charge in [-0.25, -0.2) is 4.99 Å². The Hall–Kier alpha value is -3.62. The number of aromatic hydroxyl groups is 1. The summed E-state index contributed by atoms with van der Waals surface area (Å²) in [6.07, 6.45) is 3.50. The average molecular weight is 575 g/mol. The molecule has 2 aliphatic rings. The number of benzene rings is 3. The largest absolute Gasteiger partial charge is 0.507 e. The molecule has 0 saturated carbocycles. The molecule has 1 aliphatic heterocycles. The predicted octanol–water partition coefficient (Wildman–Crippen LogP) is 4.80. The number of hydrogen-bond acceptors (Lipinski definition) is 6. The second-order valence-corrected chi connectivity index (χ2v) is 10.8. The van der Waals surface area contributed by atoms with E-state index in [9.17, 15) is 9.90 Å². The van der Waals surface area contributed by atoms with Crippen LogP contribution in [0, 0.1) is 0 Å². The SMILES string of the molecule is COc1ccc(OC)c(C2C3=C(N=c4sc(=Cc5ccc(O)c(Br)c5)c(=O)n42)c2ccccc2CC3)c1. The van der Waals surface area contributed by atoms with Crippen molar-refractivity contribution in [1.29, 1.82) is 0 Å². The fourth-order valence-corrected chi connectivity index (χ4v) is 6.51. The molecular weight excluding hydrogens is 552 g/mol. The summed E-state index contributed by atoms with van der Waals surface area (Å²) in [6.45, 7) is 0. The van der Waals surface area contributed by atoms with Gasteiger partial charge in [0, 0.05) is 11.1 Å². The molecule has 186 valence electrons. The van der Waals surface area contributed by atoms with E-state index in [1.165, 1.54) is 16.9 Å². The van der Waals surface area contributed by atoms with E-state index in [1.807, 2.05) is 30.3 Å². The number of phenolic OH excluding ortho intramolecular Hbond substituents is 1. The number of fused-ring (bicyclic) bond motifs is 3. The summed E-state index contributed by atoms with van der Waals surface area (Å²) in [5.74, 6) is 1.53. The number of phenols is 1. The van der Waals surface area contributed by atoms with Crippen molar-refractivity contribution in [2.24, 2.45) is 4.99 Å². The van der Waals surface area contributed by atoms with Crippen molar-refractivity contribution in [3.05, 3.63) is 113 Å². The van der Waals surface area contributed by atoms with E-state index in [-0.39, 0.29) is 17.4 Å². The Morgan fingerprint density at radius 2 is 1.92 bits per heavy atom. The molecule has 0 amide bonds. The number of methoxy groups -OCH3 is 2. The number of aromatic nitrogens is 1. The van der Waals surface area contributed by atoms with Crippen LogP contribution in [-0.4, -0.2) is 23.9 Å². The van der Waals surface area contributed by atoms with Gasteiger partial charge in [0.15, 0.2) is 4.80 Å². The first kappa shape index (κ1) is 23.8. The van der Waals surface area contributed by atoms with Crippen molar-refractivity contribution in [1.82, 2.24) is 4.57 Å². The molecular formula is C29H23BrN2O4S. The monoisotopic (exact) mass is 574 g/mol. The van der Waals surface area contributed by atoms with Gasteiger partial charge in [-0.1, -0.05) is 41.7 Å². The predicted molar refractivity (Wildman–Crippen MR) is 148 cm³/mol. The van der Waals surface area contributed by atoms with Crippen LogP contribution >= 0.6 is 27.3 Å². The van der Waals surface area contributed by atoms with Crippen molar-refractivity contribution in [2.45, 2.75) is 18.9 Å². The number of nitrogens with zero attached hydrogens (tertiary/aromatic N) is 2. The van der Waals surface area contributed by atoms with Crippen LogP contribution < -0.4 is 24.4 Å². The van der Waals surface area contributed by atoms with Crippen molar-refractivity contribution >= 4 is 39.0 Å². The van der Waals surface area contributed by atoms with Crippen molar-refractivity contribution in [3.8, 4) is 17.2 Å². The summed E-state index contributed by atoms with van der Waals surface area (Å²) >= 11 is 4.72. The third-order valence-corrected chi connectivity index (χ3v) is 8.49. The Bertz CT molecular complexity index is 1770. The number of ether oxygens (including phenoxy) is 2. The van der Waals surface area contributed by atoms with Gasteiger partial charge < -0.3 is 14.6 Å². The van der Waals surface area contributed by atoms with E-state index in [0.717, 1.165) is 40.8 Å². The number of thiazole rings is 1. The summed E-state index contributed by atoms with van der Waals surface area (Å²) in [7, 11) is 3.28. The van der Waals surface area contributed by atoms with Crippen LogP contribution in [0.25, 0.3) is 11.8 Å². The Balaban J connectivity index is 1.65. The van der Waals surface area contributed by atoms with Gasteiger partial charge in [-0.2, -0.15) is 0 Å². The summed E-state index contributed by atoms with van der Waals surface area (Å²) < 4.78 is 14.2. The van der Waals surface area contributed by atoms with Crippen LogP contribution in [0.15, 0.2) is 80.5 Å². The molecule has 1 unspecified atom stereocenters. The Morgan fingerprint density at radius 3 is 2.70 bits per heavy atom. The number of halogens is 1. The first-order valence-electron chi connectivity index (χ1n) is 11.8. The second kappa shape index (κ2) is 9.36. The molecule has 8 heteroatoms. The molecule has 0 fully saturated rings. The molecule has 6 nitrogen and oxygen atoms in total.